The minimum absolute atomic E-state index is 0.0258. The number of nitrogens with zero attached hydrogens (tertiary/aromatic N) is 1. The summed E-state index contributed by atoms with van der Waals surface area (Å²) < 4.78 is 5.56. The molecule has 6 heteroatoms. The molecule has 0 bridgehead atoms. The number of carbonyl (C=O) groups is 2. The number of hydrogen-bond donors (Lipinski definition) is 2. The normalized spacial score (nSPS) is 25.8. The lowest BCUT2D eigenvalue weighted by molar-refractivity contribution is -0.126. The van der Waals surface area contributed by atoms with Crippen LogP contribution >= 0.6 is 0 Å². The average molecular weight is 454 g/mol. The second-order valence-corrected chi connectivity index (χ2v) is 10.6. The first-order chi connectivity index (χ1) is 15.8. The SMILES string of the molecule is C=C1CCC(N2Cc3cc(C[C@H]4CCCC[C@@H]4NCCC(C)(C)OC)ccc3C2=O)C(=O)N1. The Morgan fingerprint density at radius 1 is 1.21 bits per heavy atom. The van der Waals surface area contributed by atoms with Crippen molar-refractivity contribution in [3.8, 4) is 0 Å². The van der Waals surface area contributed by atoms with Crippen molar-refractivity contribution in [1.82, 2.24) is 15.5 Å². The summed E-state index contributed by atoms with van der Waals surface area (Å²) in [5.74, 6) is 0.466. The number of nitrogens with one attached hydrogen (secondary N) is 2. The van der Waals surface area contributed by atoms with Gasteiger partial charge in [-0.05, 0) is 82.0 Å². The Balaban J connectivity index is 1.39. The molecule has 2 aliphatic heterocycles. The zero-order valence-corrected chi connectivity index (χ0v) is 20.4. The number of ether oxygens (including phenoxy) is 1. The monoisotopic (exact) mass is 453 g/mol. The number of benzene rings is 1. The first kappa shape index (κ1) is 24.0. The zero-order chi connectivity index (χ0) is 23.6. The summed E-state index contributed by atoms with van der Waals surface area (Å²) in [5, 5.41) is 6.62. The third-order valence-corrected chi connectivity index (χ3v) is 7.79. The van der Waals surface area contributed by atoms with Crippen LogP contribution in [-0.4, -0.2) is 48.1 Å². The summed E-state index contributed by atoms with van der Waals surface area (Å²) in [6, 6.07) is 6.41. The van der Waals surface area contributed by atoms with Crippen LogP contribution in [0.25, 0.3) is 0 Å². The largest absolute Gasteiger partial charge is 0.379 e. The van der Waals surface area contributed by atoms with Gasteiger partial charge in [0.25, 0.3) is 5.91 Å². The third kappa shape index (κ3) is 5.49. The van der Waals surface area contributed by atoms with E-state index in [9.17, 15) is 9.59 Å². The van der Waals surface area contributed by atoms with Crippen molar-refractivity contribution in [2.45, 2.75) is 89.4 Å². The van der Waals surface area contributed by atoms with Crippen LogP contribution in [0.2, 0.25) is 0 Å². The smallest absolute Gasteiger partial charge is 0.255 e. The number of methoxy groups -OCH3 is 1. The molecule has 1 aromatic carbocycles. The highest BCUT2D eigenvalue weighted by molar-refractivity contribution is 6.01. The van der Waals surface area contributed by atoms with Crippen LogP contribution in [0.3, 0.4) is 0 Å². The van der Waals surface area contributed by atoms with E-state index in [2.05, 4.69) is 43.2 Å². The van der Waals surface area contributed by atoms with Crippen molar-refractivity contribution < 1.29 is 14.3 Å². The van der Waals surface area contributed by atoms with Crippen molar-refractivity contribution in [3.63, 3.8) is 0 Å². The quantitative estimate of drug-likeness (QED) is 0.626. The predicted octanol–water partition coefficient (Wildman–Crippen LogP) is 3.94. The Kier molecular flexibility index (Phi) is 7.25. The molecule has 2 heterocycles. The minimum Gasteiger partial charge on any atom is -0.379 e. The van der Waals surface area contributed by atoms with Crippen LogP contribution in [0, 0.1) is 5.92 Å². The molecule has 1 saturated carbocycles. The molecule has 3 aliphatic rings. The van der Waals surface area contributed by atoms with E-state index in [1.165, 1.54) is 31.2 Å². The number of piperidine rings is 1. The van der Waals surface area contributed by atoms with Gasteiger partial charge < -0.3 is 20.3 Å². The van der Waals surface area contributed by atoms with E-state index in [-0.39, 0.29) is 17.4 Å². The van der Waals surface area contributed by atoms with Gasteiger partial charge in [-0.15, -0.1) is 0 Å². The van der Waals surface area contributed by atoms with Crippen molar-refractivity contribution >= 4 is 11.8 Å². The lowest BCUT2D eigenvalue weighted by Gasteiger charge is -2.34. The van der Waals surface area contributed by atoms with Crippen LogP contribution in [0.4, 0.5) is 0 Å². The van der Waals surface area contributed by atoms with Crippen molar-refractivity contribution in [3.05, 3.63) is 47.2 Å². The fourth-order valence-corrected chi connectivity index (χ4v) is 5.52. The molecule has 2 amide bonds. The van der Waals surface area contributed by atoms with Crippen LogP contribution in [-0.2, 0) is 22.5 Å². The van der Waals surface area contributed by atoms with Crippen molar-refractivity contribution in [1.29, 1.82) is 0 Å². The van der Waals surface area contributed by atoms with E-state index >= 15 is 0 Å². The third-order valence-electron chi connectivity index (χ3n) is 7.79. The van der Waals surface area contributed by atoms with E-state index in [0.717, 1.165) is 42.6 Å². The molecule has 1 saturated heterocycles. The van der Waals surface area contributed by atoms with Gasteiger partial charge in [-0.25, -0.2) is 0 Å². The van der Waals surface area contributed by atoms with Gasteiger partial charge in [-0.1, -0.05) is 31.6 Å². The maximum atomic E-state index is 13.0. The molecule has 0 radical (unpaired) electrons. The van der Waals surface area contributed by atoms with Gasteiger partial charge >= 0.3 is 0 Å². The molecule has 0 aromatic heterocycles. The van der Waals surface area contributed by atoms with Gasteiger partial charge in [0.1, 0.15) is 6.04 Å². The van der Waals surface area contributed by atoms with Gasteiger partial charge in [0, 0.05) is 31.0 Å². The fourth-order valence-electron chi connectivity index (χ4n) is 5.52. The second-order valence-electron chi connectivity index (χ2n) is 10.6. The fraction of sp³-hybridized carbons (Fsp3) is 0.630. The Labute approximate surface area is 198 Å². The molecule has 0 spiro atoms. The Morgan fingerprint density at radius 3 is 2.76 bits per heavy atom. The van der Waals surface area contributed by atoms with Gasteiger partial charge in [0.15, 0.2) is 0 Å². The lowest BCUT2D eigenvalue weighted by Crippen LogP contribution is -2.49. The summed E-state index contributed by atoms with van der Waals surface area (Å²) in [4.78, 5) is 27.2. The molecule has 180 valence electrons. The Morgan fingerprint density at radius 2 is 2.00 bits per heavy atom. The number of hydrogen-bond acceptors (Lipinski definition) is 4. The first-order valence-electron chi connectivity index (χ1n) is 12.5. The van der Waals surface area contributed by atoms with E-state index < -0.39 is 6.04 Å². The van der Waals surface area contributed by atoms with Gasteiger partial charge in [-0.2, -0.15) is 0 Å². The van der Waals surface area contributed by atoms with Crippen LogP contribution in [0.1, 0.15) is 80.3 Å². The van der Waals surface area contributed by atoms with Gasteiger partial charge in [-0.3, -0.25) is 9.59 Å². The van der Waals surface area contributed by atoms with Crippen LogP contribution < -0.4 is 10.6 Å². The van der Waals surface area contributed by atoms with E-state index in [1.54, 1.807) is 12.0 Å². The number of rotatable bonds is 8. The number of allylic oxidation sites excluding steroid dienone is 1. The molecule has 2 fully saturated rings. The highest BCUT2D eigenvalue weighted by atomic mass is 16.5. The van der Waals surface area contributed by atoms with E-state index in [4.69, 9.17) is 4.74 Å². The Hall–Kier alpha value is -2.18. The van der Waals surface area contributed by atoms with Crippen molar-refractivity contribution in [2.24, 2.45) is 5.92 Å². The van der Waals surface area contributed by atoms with E-state index in [0.29, 0.717) is 24.9 Å². The standard InChI is InChI=1S/C27H39N3O3/c1-18-9-12-24(25(31)29-18)30-17-21-16-19(10-11-22(21)26(30)32)15-20-7-5-6-8-23(20)28-14-13-27(2,3)33-4/h10-11,16,20,23-24,28H,1,5-9,12-15,17H2,2-4H3,(H,29,31)/t20-,23+,24?/m1/s1. The zero-order valence-electron chi connectivity index (χ0n) is 20.4. The maximum absolute atomic E-state index is 13.0. The molecule has 2 N–H and O–H groups in total. The molecule has 4 rings (SSSR count). The average Bonchev–Trinajstić information content (AvgIpc) is 3.10. The summed E-state index contributed by atoms with van der Waals surface area (Å²) in [6.07, 6.45) is 8.40. The highest BCUT2D eigenvalue weighted by Gasteiger charge is 2.38. The predicted molar refractivity (Wildman–Crippen MR) is 130 cm³/mol. The molecule has 1 aromatic rings. The number of fused-ring (bicyclic) bond motifs is 1. The number of amides is 2. The molecule has 1 aliphatic carbocycles. The summed E-state index contributed by atoms with van der Waals surface area (Å²) in [5.41, 5.74) is 3.73. The number of carbonyl (C=O) groups excluding carboxylic acids is 2. The van der Waals surface area contributed by atoms with Gasteiger partial charge in [0.2, 0.25) is 5.91 Å². The summed E-state index contributed by atoms with van der Waals surface area (Å²) in [7, 11) is 1.78. The molecule has 6 nitrogen and oxygen atoms in total. The van der Waals surface area contributed by atoms with E-state index in [1.807, 2.05) is 6.07 Å². The topological polar surface area (TPSA) is 70.7 Å². The minimum atomic E-state index is -0.401. The first-order valence-corrected chi connectivity index (χ1v) is 12.5. The molecule has 33 heavy (non-hydrogen) atoms. The highest BCUT2D eigenvalue weighted by Crippen LogP contribution is 2.32. The molecule has 1 unspecified atom stereocenters. The van der Waals surface area contributed by atoms with Crippen LogP contribution in [0.15, 0.2) is 30.5 Å². The Bertz CT molecular complexity index is 910. The van der Waals surface area contributed by atoms with Gasteiger partial charge in [0.05, 0.1) is 5.60 Å². The molecular weight excluding hydrogens is 414 g/mol. The molecular formula is C27H39N3O3. The summed E-state index contributed by atoms with van der Waals surface area (Å²) in [6.45, 7) is 9.60. The molecule has 3 atom stereocenters. The summed E-state index contributed by atoms with van der Waals surface area (Å²) >= 11 is 0. The lowest BCUT2D eigenvalue weighted by atomic mass is 9.80. The maximum Gasteiger partial charge on any atom is 0.255 e. The van der Waals surface area contributed by atoms with Crippen LogP contribution in [0.5, 0.6) is 0 Å². The second kappa shape index (κ2) is 9.98. The van der Waals surface area contributed by atoms with Crippen molar-refractivity contribution in [2.75, 3.05) is 13.7 Å².